The van der Waals surface area contributed by atoms with Gasteiger partial charge in [0.25, 0.3) is 5.91 Å². The Morgan fingerprint density at radius 1 is 1.69 bits per heavy atom. The van der Waals surface area contributed by atoms with Gasteiger partial charge in [-0.15, -0.1) is 6.42 Å². The maximum atomic E-state index is 11.8. The Morgan fingerprint density at radius 3 is 2.88 bits per heavy atom. The number of aromatic carboxylic acids is 1. The van der Waals surface area contributed by atoms with Crippen LogP contribution in [0, 0.1) is 12.3 Å². The number of hydrogen-bond acceptors (Lipinski definition) is 3. The van der Waals surface area contributed by atoms with Crippen molar-refractivity contribution < 1.29 is 14.7 Å². The molecule has 0 aliphatic heterocycles. The van der Waals surface area contributed by atoms with Crippen molar-refractivity contribution in [2.75, 3.05) is 13.1 Å². The van der Waals surface area contributed by atoms with Crippen LogP contribution in [0.3, 0.4) is 0 Å². The number of hydrogen-bond donors (Lipinski definition) is 2. The smallest absolute Gasteiger partial charge is 0.354 e. The van der Waals surface area contributed by atoms with E-state index < -0.39 is 11.9 Å². The van der Waals surface area contributed by atoms with E-state index in [2.05, 4.69) is 15.9 Å². The molecule has 0 saturated heterocycles. The van der Waals surface area contributed by atoms with Crippen LogP contribution in [0.2, 0.25) is 0 Å². The van der Waals surface area contributed by atoms with Crippen LogP contribution in [0.15, 0.2) is 6.33 Å². The van der Waals surface area contributed by atoms with Gasteiger partial charge in [-0.05, 0) is 6.92 Å². The van der Waals surface area contributed by atoms with Crippen molar-refractivity contribution in [3.8, 4) is 12.3 Å². The van der Waals surface area contributed by atoms with Crippen molar-refractivity contribution in [2.45, 2.75) is 6.92 Å². The van der Waals surface area contributed by atoms with Crippen molar-refractivity contribution in [2.24, 2.45) is 0 Å². The molecular weight excluding hydrogens is 210 g/mol. The first-order chi connectivity index (χ1) is 7.61. The number of aromatic nitrogens is 2. The quantitative estimate of drug-likeness (QED) is 0.711. The highest BCUT2D eigenvalue weighted by atomic mass is 16.4. The van der Waals surface area contributed by atoms with Crippen LogP contribution in [0.5, 0.6) is 0 Å². The van der Waals surface area contributed by atoms with Crippen molar-refractivity contribution >= 4 is 11.9 Å². The Kier molecular flexibility index (Phi) is 3.67. The van der Waals surface area contributed by atoms with Crippen LogP contribution >= 0.6 is 0 Å². The van der Waals surface area contributed by atoms with Gasteiger partial charge >= 0.3 is 5.97 Å². The van der Waals surface area contributed by atoms with E-state index in [9.17, 15) is 9.59 Å². The third kappa shape index (κ3) is 2.20. The van der Waals surface area contributed by atoms with Gasteiger partial charge in [0.2, 0.25) is 0 Å². The predicted octanol–water partition coefficient (Wildman–Crippen LogP) is 0.203. The minimum atomic E-state index is -1.22. The molecule has 6 heteroatoms. The van der Waals surface area contributed by atoms with Crippen LogP contribution in [0.25, 0.3) is 0 Å². The second-order valence-corrected chi connectivity index (χ2v) is 2.95. The van der Waals surface area contributed by atoms with Crippen LogP contribution in [-0.2, 0) is 0 Å². The molecule has 84 valence electrons. The van der Waals surface area contributed by atoms with E-state index in [1.165, 1.54) is 11.2 Å². The molecule has 1 aromatic heterocycles. The summed E-state index contributed by atoms with van der Waals surface area (Å²) in [7, 11) is 0. The highest BCUT2D eigenvalue weighted by Gasteiger charge is 2.23. The standard InChI is InChI=1S/C10H11N3O3/c1-3-5-13(4-2)9(14)7-8(10(15)16)12-6-11-7/h1,6H,4-5H2,2H3,(H,11,12)(H,15,16). The Labute approximate surface area is 92.3 Å². The number of H-pyrrole nitrogens is 1. The summed E-state index contributed by atoms with van der Waals surface area (Å²) >= 11 is 0. The maximum Gasteiger partial charge on any atom is 0.354 e. The zero-order chi connectivity index (χ0) is 12.1. The molecule has 1 amide bonds. The third-order valence-electron chi connectivity index (χ3n) is 2.01. The molecule has 0 aliphatic rings. The first-order valence-corrected chi connectivity index (χ1v) is 4.61. The average Bonchev–Trinajstić information content (AvgIpc) is 2.73. The molecule has 16 heavy (non-hydrogen) atoms. The van der Waals surface area contributed by atoms with Gasteiger partial charge in [-0.25, -0.2) is 9.78 Å². The number of nitrogens with zero attached hydrogens (tertiary/aromatic N) is 2. The first-order valence-electron chi connectivity index (χ1n) is 4.61. The van der Waals surface area contributed by atoms with E-state index in [0.29, 0.717) is 6.54 Å². The van der Waals surface area contributed by atoms with E-state index in [1.54, 1.807) is 6.92 Å². The van der Waals surface area contributed by atoms with Crippen molar-refractivity contribution in [1.29, 1.82) is 0 Å². The highest BCUT2D eigenvalue weighted by molar-refractivity contribution is 6.02. The predicted molar refractivity (Wildman–Crippen MR) is 56.0 cm³/mol. The molecule has 0 spiro atoms. The molecule has 0 radical (unpaired) electrons. The number of terminal acetylenes is 1. The molecule has 1 heterocycles. The molecule has 0 unspecified atom stereocenters. The number of amides is 1. The highest BCUT2D eigenvalue weighted by Crippen LogP contribution is 2.06. The van der Waals surface area contributed by atoms with E-state index in [0.717, 1.165) is 0 Å². The Morgan fingerprint density at radius 2 is 2.38 bits per heavy atom. The number of carboxylic acid groups (broad SMARTS) is 1. The molecule has 0 aliphatic carbocycles. The van der Waals surface area contributed by atoms with Crippen molar-refractivity contribution in [1.82, 2.24) is 14.9 Å². The molecule has 0 fully saturated rings. The largest absolute Gasteiger partial charge is 0.477 e. The fourth-order valence-corrected chi connectivity index (χ4v) is 1.21. The van der Waals surface area contributed by atoms with Gasteiger partial charge < -0.3 is 15.0 Å². The van der Waals surface area contributed by atoms with Crippen molar-refractivity contribution in [3.05, 3.63) is 17.7 Å². The zero-order valence-corrected chi connectivity index (χ0v) is 8.73. The lowest BCUT2D eigenvalue weighted by Crippen LogP contribution is -2.32. The van der Waals surface area contributed by atoms with Crippen LogP contribution in [-0.4, -0.2) is 44.9 Å². The number of nitrogens with one attached hydrogen (secondary N) is 1. The second kappa shape index (κ2) is 4.98. The van der Waals surface area contributed by atoms with Crippen LogP contribution in [0.1, 0.15) is 27.9 Å². The fourth-order valence-electron chi connectivity index (χ4n) is 1.21. The van der Waals surface area contributed by atoms with Gasteiger partial charge in [0.1, 0.15) is 0 Å². The summed E-state index contributed by atoms with van der Waals surface area (Å²) in [6.07, 6.45) is 6.27. The number of carboxylic acids is 1. The number of imidazole rings is 1. The lowest BCUT2D eigenvalue weighted by molar-refractivity contribution is 0.0673. The molecule has 6 nitrogen and oxygen atoms in total. The molecule has 0 saturated carbocycles. The monoisotopic (exact) mass is 221 g/mol. The minimum Gasteiger partial charge on any atom is -0.477 e. The van der Waals surface area contributed by atoms with E-state index in [4.69, 9.17) is 11.5 Å². The topological polar surface area (TPSA) is 86.3 Å². The van der Waals surface area contributed by atoms with Gasteiger partial charge in [0.05, 0.1) is 12.9 Å². The Hall–Kier alpha value is -2.29. The zero-order valence-electron chi connectivity index (χ0n) is 8.73. The Balaban J connectivity index is 3.00. The minimum absolute atomic E-state index is 0.121. The summed E-state index contributed by atoms with van der Waals surface area (Å²) < 4.78 is 0. The van der Waals surface area contributed by atoms with E-state index in [1.807, 2.05) is 0 Å². The number of rotatable bonds is 4. The normalized spacial score (nSPS) is 9.50. The van der Waals surface area contributed by atoms with Gasteiger partial charge in [0, 0.05) is 6.54 Å². The molecule has 0 bridgehead atoms. The van der Waals surface area contributed by atoms with Gasteiger partial charge in [-0.3, -0.25) is 4.79 Å². The molecular formula is C10H11N3O3. The first kappa shape index (κ1) is 11.8. The van der Waals surface area contributed by atoms with Crippen LogP contribution in [0.4, 0.5) is 0 Å². The summed E-state index contributed by atoms with van der Waals surface area (Å²) in [5, 5.41) is 8.81. The third-order valence-corrected chi connectivity index (χ3v) is 2.01. The second-order valence-electron chi connectivity index (χ2n) is 2.95. The summed E-state index contributed by atoms with van der Waals surface area (Å²) in [5.74, 6) is 0.619. The lowest BCUT2D eigenvalue weighted by Gasteiger charge is -2.16. The van der Waals surface area contributed by atoms with Crippen LogP contribution < -0.4 is 0 Å². The van der Waals surface area contributed by atoms with Gasteiger partial charge in [-0.1, -0.05) is 5.92 Å². The summed E-state index contributed by atoms with van der Waals surface area (Å²) in [5.41, 5.74) is -0.343. The number of carbonyl (C=O) groups is 2. The lowest BCUT2D eigenvalue weighted by atomic mass is 10.3. The summed E-state index contributed by atoms with van der Waals surface area (Å²) in [6.45, 7) is 2.28. The molecule has 0 aromatic carbocycles. The number of aromatic amines is 1. The molecule has 1 aromatic rings. The average molecular weight is 221 g/mol. The number of carbonyl (C=O) groups excluding carboxylic acids is 1. The van der Waals surface area contributed by atoms with Crippen molar-refractivity contribution in [3.63, 3.8) is 0 Å². The summed E-state index contributed by atoms with van der Waals surface area (Å²) in [6, 6.07) is 0. The van der Waals surface area contributed by atoms with Gasteiger partial charge in [-0.2, -0.15) is 0 Å². The fraction of sp³-hybridized carbons (Fsp3) is 0.300. The maximum absolute atomic E-state index is 11.8. The summed E-state index contributed by atoms with van der Waals surface area (Å²) in [4.78, 5) is 30.0. The van der Waals surface area contributed by atoms with E-state index in [-0.39, 0.29) is 17.9 Å². The SMILES string of the molecule is C#CCN(CC)C(=O)c1nc[nH]c1C(=O)O. The molecule has 1 rings (SSSR count). The van der Waals surface area contributed by atoms with Gasteiger partial charge in [0.15, 0.2) is 11.4 Å². The van der Waals surface area contributed by atoms with E-state index >= 15 is 0 Å². The Bertz CT molecular complexity index is 444. The molecule has 0 atom stereocenters. The molecule has 2 N–H and O–H groups in total.